The zero-order valence-electron chi connectivity index (χ0n) is 13.9. The van der Waals surface area contributed by atoms with Crippen molar-refractivity contribution in [1.29, 1.82) is 0 Å². The van der Waals surface area contributed by atoms with Crippen LogP contribution >= 0.6 is 0 Å². The molecule has 3 aromatic rings. The summed E-state index contributed by atoms with van der Waals surface area (Å²) in [4.78, 5) is 18.1. The van der Waals surface area contributed by atoms with E-state index in [1.54, 1.807) is 10.9 Å². The third-order valence-electron chi connectivity index (χ3n) is 4.66. The van der Waals surface area contributed by atoms with E-state index in [-0.39, 0.29) is 17.6 Å². The topological polar surface area (TPSA) is 78.7 Å². The molecule has 6 heteroatoms. The van der Waals surface area contributed by atoms with Gasteiger partial charge < -0.3 is 5.73 Å². The number of benzene rings is 1. The van der Waals surface area contributed by atoms with E-state index in [1.807, 2.05) is 42.9 Å². The van der Waals surface area contributed by atoms with E-state index in [9.17, 15) is 4.79 Å². The Morgan fingerprint density at radius 1 is 1.38 bits per heavy atom. The fourth-order valence-electron chi connectivity index (χ4n) is 3.19. The Morgan fingerprint density at radius 2 is 2.17 bits per heavy atom. The molecule has 6 nitrogen and oxygen atoms in total. The summed E-state index contributed by atoms with van der Waals surface area (Å²) in [5.41, 5.74) is 8.76. The van der Waals surface area contributed by atoms with Crippen LogP contribution in [0.1, 0.15) is 44.1 Å². The molecule has 0 amide bonds. The van der Waals surface area contributed by atoms with Gasteiger partial charge in [-0.1, -0.05) is 19.1 Å². The smallest absolute Gasteiger partial charge is 0.262 e. The Morgan fingerprint density at radius 3 is 2.79 bits per heavy atom. The Bertz CT molecular complexity index is 967. The van der Waals surface area contributed by atoms with Crippen LogP contribution in [0.2, 0.25) is 0 Å². The van der Waals surface area contributed by atoms with E-state index in [0.717, 1.165) is 30.4 Å². The normalized spacial score (nSPS) is 15.8. The van der Waals surface area contributed by atoms with Gasteiger partial charge in [-0.25, -0.2) is 4.98 Å². The number of hydrogen-bond donors (Lipinski definition) is 1. The second-order valence-corrected chi connectivity index (χ2v) is 6.49. The van der Waals surface area contributed by atoms with Crippen LogP contribution in [-0.4, -0.2) is 19.3 Å². The Balaban J connectivity index is 2.04. The highest BCUT2D eigenvalue weighted by atomic mass is 16.1. The number of aromatic nitrogens is 4. The standard InChI is InChI=1S/C18H21N5O/c1-3-14(19)17-21-15-6-4-5-13(11-9-20-22(2)10-11)16(15)18(24)23(17)12-7-8-12/h4-6,9-10,12,14H,3,7-8,19H2,1-2H3. The average Bonchev–Trinajstić information content (AvgIpc) is 3.33. The maximum Gasteiger partial charge on any atom is 0.262 e. The molecule has 0 spiro atoms. The van der Waals surface area contributed by atoms with Crippen molar-refractivity contribution in [2.24, 2.45) is 12.8 Å². The van der Waals surface area contributed by atoms with Gasteiger partial charge in [0.2, 0.25) is 0 Å². The molecule has 0 bridgehead atoms. The van der Waals surface area contributed by atoms with Crippen LogP contribution in [0.3, 0.4) is 0 Å². The van der Waals surface area contributed by atoms with Crippen molar-refractivity contribution in [3.05, 3.63) is 46.8 Å². The predicted octanol–water partition coefficient (Wildman–Crippen LogP) is 2.54. The molecule has 1 saturated carbocycles. The van der Waals surface area contributed by atoms with Crippen LogP contribution in [0.25, 0.3) is 22.0 Å². The first-order chi connectivity index (χ1) is 11.6. The fourth-order valence-corrected chi connectivity index (χ4v) is 3.19. The summed E-state index contributed by atoms with van der Waals surface area (Å²) in [5, 5.41) is 4.88. The van der Waals surface area contributed by atoms with Gasteiger partial charge in [0.05, 0.1) is 23.1 Å². The first-order valence-corrected chi connectivity index (χ1v) is 8.40. The summed E-state index contributed by atoms with van der Waals surface area (Å²) in [7, 11) is 1.87. The lowest BCUT2D eigenvalue weighted by atomic mass is 10.0. The molecule has 0 radical (unpaired) electrons. The van der Waals surface area contributed by atoms with E-state index in [1.165, 1.54) is 0 Å². The number of rotatable bonds is 4. The van der Waals surface area contributed by atoms with Gasteiger partial charge in [0.15, 0.2) is 0 Å². The quantitative estimate of drug-likeness (QED) is 0.800. The van der Waals surface area contributed by atoms with Crippen molar-refractivity contribution in [2.75, 3.05) is 0 Å². The molecule has 2 N–H and O–H groups in total. The van der Waals surface area contributed by atoms with Gasteiger partial charge in [-0.15, -0.1) is 0 Å². The van der Waals surface area contributed by atoms with E-state index < -0.39 is 0 Å². The Labute approximate surface area is 139 Å². The molecule has 24 heavy (non-hydrogen) atoms. The maximum atomic E-state index is 13.3. The third-order valence-corrected chi connectivity index (χ3v) is 4.66. The van der Waals surface area contributed by atoms with Gasteiger partial charge in [0.25, 0.3) is 5.56 Å². The minimum absolute atomic E-state index is 0.0147. The Kier molecular flexibility index (Phi) is 3.49. The van der Waals surface area contributed by atoms with Crippen molar-refractivity contribution in [3.8, 4) is 11.1 Å². The molecule has 1 aliphatic carbocycles. The van der Waals surface area contributed by atoms with Crippen LogP contribution in [0.5, 0.6) is 0 Å². The molecular weight excluding hydrogens is 302 g/mol. The molecule has 0 saturated heterocycles. The van der Waals surface area contributed by atoms with Crippen LogP contribution in [0, 0.1) is 0 Å². The number of fused-ring (bicyclic) bond motifs is 1. The minimum Gasteiger partial charge on any atom is -0.321 e. The van der Waals surface area contributed by atoms with E-state index >= 15 is 0 Å². The van der Waals surface area contributed by atoms with Crippen LogP contribution in [0.4, 0.5) is 0 Å². The van der Waals surface area contributed by atoms with Crippen LogP contribution in [0.15, 0.2) is 35.4 Å². The first-order valence-electron chi connectivity index (χ1n) is 8.40. The van der Waals surface area contributed by atoms with Gasteiger partial charge in [0.1, 0.15) is 5.82 Å². The predicted molar refractivity (Wildman–Crippen MR) is 93.7 cm³/mol. The molecule has 2 heterocycles. The van der Waals surface area contributed by atoms with Crippen LogP contribution < -0.4 is 11.3 Å². The van der Waals surface area contributed by atoms with Gasteiger partial charge >= 0.3 is 0 Å². The lowest BCUT2D eigenvalue weighted by Gasteiger charge is -2.18. The lowest BCUT2D eigenvalue weighted by Crippen LogP contribution is -2.29. The van der Waals surface area contributed by atoms with E-state index in [2.05, 4.69) is 5.10 Å². The summed E-state index contributed by atoms with van der Waals surface area (Å²) in [5.74, 6) is 0.709. The van der Waals surface area contributed by atoms with Crippen molar-refractivity contribution in [2.45, 2.75) is 38.3 Å². The van der Waals surface area contributed by atoms with Gasteiger partial charge in [-0.3, -0.25) is 14.0 Å². The first kappa shape index (κ1) is 15.1. The second kappa shape index (κ2) is 5.56. The summed E-state index contributed by atoms with van der Waals surface area (Å²) in [6.07, 6.45) is 6.49. The number of aryl methyl sites for hydroxylation is 1. The van der Waals surface area contributed by atoms with Crippen molar-refractivity contribution < 1.29 is 0 Å². The molecular formula is C18H21N5O. The van der Waals surface area contributed by atoms with Crippen molar-refractivity contribution >= 4 is 10.9 Å². The highest BCUT2D eigenvalue weighted by Gasteiger charge is 2.30. The summed E-state index contributed by atoms with van der Waals surface area (Å²) in [6.45, 7) is 2.02. The molecule has 1 unspecified atom stereocenters. The average molecular weight is 323 g/mol. The molecule has 2 aromatic heterocycles. The zero-order valence-corrected chi connectivity index (χ0v) is 13.9. The zero-order chi connectivity index (χ0) is 16.8. The largest absolute Gasteiger partial charge is 0.321 e. The van der Waals surface area contributed by atoms with Gasteiger partial charge in [0, 0.05) is 24.8 Å². The number of nitrogens with two attached hydrogens (primary N) is 1. The fraction of sp³-hybridized carbons (Fsp3) is 0.389. The van der Waals surface area contributed by atoms with E-state index in [0.29, 0.717) is 16.7 Å². The summed E-state index contributed by atoms with van der Waals surface area (Å²) < 4.78 is 3.57. The van der Waals surface area contributed by atoms with Crippen LogP contribution in [-0.2, 0) is 7.05 Å². The highest BCUT2D eigenvalue weighted by molar-refractivity contribution is 5.93. The molecule has 1 atom stereocenters. The lowest BCUT2D eigenvalue weighted by molar-refractivity contribution is 0.558. The molecule has 1 fully saturated rings. The molecule has 124 valence electrons. The van der Waals surface area contributed by atoms with E-state index in [4.69, 9.17) is 10.7 Å². The number of nitrogens with zero attached hydrogens (tertiary/aromatic N) is 4. The Hall–Kier alpha value is -2.47. The molecule has 1 aliphatic rings. The molecule has 0 aliphatic heterocycles. The molecule has 4 rings (SSSR count). The van der Waals surface area contributed by atoms with Gasteiger partial charge in [-0.2, -0.15) is 5.10 Å². The van der Waals surface area contributed by atoms with Crippen molar-refractivity contribution in [1.82, 2.24) is 19.3 Å². The molecule has 1 aromatic carbocycles. The highest BCUT2D eigenvalue weighted by Crippen LogP contribution is 2.36. The van der Waals surface area contributed by atoms with Gasteiger partial charge in [-0.05, 0) is 30.9 Å². The number of hydrogen-bond acceptors (Lipinski definition) is 4. The SMILES string of the molecule is CCC(N)c1nc2cccc(-c3cnn(C)c3)c2c(=O)n1C1CC1. The maximum absolute atomic E-state index is 13.3. The third kappa shape index (κ3) is 2.34. The summed E-state index contributed by atoms with van der Waals surface area (Å²) >= 11 is 0. The second-order valence-electron chi connectivity index (χ2n) is 6.49. The monoisotopic (exact) mass is 323 g/mol. The minimum atomic E-state index is -0.218. The summed E-state index contributed by atoms with van der Waals surface area (Å²) in [6, 6.07) is 5.80. The van der Waals surface area contributed by atoms with Crippen molar-refractivity contribution in [3.63, 3.8) is 0 Å².